The van der Waals surface area contributed by atoms with Crippen LogP contribution in [0.3, 0.4) is 0 Å². The topological polar surface area (TPSA) is 95.0 Å². The summed E-state index contributed by atoms with van der Waals surface area (Å²) in [6.45, 7) is 1.73. The number of β-amino-alcohol motifs (C(OH)–C–C–N with tert-alkyl or cyclic N) is 1. The van der Waals surface area contributed by atoms with Crippen LogP contribution in [0, 0.1) is 6.92 Å². The van der Waals surface area contributed by atoms with Crippen molar-refractivity contribution in [1.82, 2.24) is 9.21 Å². The van der Waals surface area contributed by atoms with Gasteiger partial charge in [0.15, 0.2) is 0 Å². The minimum Gasteiger partial charge on any atom is -0.383 e. The van der Waals surface area contributed by atoms with Crippen molar-refractivity contribution in [2.24, 2.45) is 0 Å². The Balaban J connectivity index is 1.51. The largest absolute Gasteiger partial charge is 0.383 e. The summed E-state index contributed by atoms with van der Waals surface area (Å²) in [7, 11) is -4.03. The summed E-state index contributed by atoms with van der Waals surface area (Å²) < 4.78 is 25.8. The van der Waals surface area contributed by atoms with Crippen molar-refractivity contribution in [3.8, 4) is 0 Å². The van der Waals surface area contributed by atoms with E-state index in [-0.39, 0.29) is 23.5 Å². The fraction of sp³-hybridized carbons (Fsp3) is 0.300. The minimum atomic E-state index is -4.03. The third-order valence-electron chi connectivity index (χ3n) is 5.38. The second-order valence-electron chi connectivity index (χ2n) is 7.28. The van der Waals surface area contributed by atoms with Crippen LogP contribution >= 0.6 is 0 Å². The number of likely N-dealkylation sites (tertiary alicyclic amines) is 1. The van der Waals surface area contributed by atoms with E-state index in [2.05, 4.69) is 0 Å². The second-order valence-corrected chi connectivity index (χ2v) is 9.11. The molecular weight excluding hydrogens is 380 g/mol. The van der Waals surface area contributed by atoms with Crippen molar-refractivity contribution in [3.63, 3.8) is 0 Å². The van der Waals surface area contributed by atoms with Crippen LogP contribution in [0.15, 0.2) is 53.4 Å². The third-order valence-corrected chi connectivity index (χ3v) is 7.17. The van der Waals surface area contributed by atoms with Gasteiger partial charge in [0.05, 0.1) is 12.1 Å². The van der Waals surface area contributed by atoms with E-state index in [0.717, 1.165) is 5.56 Å². The van der Waals surface area contributed by atoms with Crippen molar-refractivity contribution < 1.29 is 23.1 Å². The molecule has 1 unspecified atom stereocenters. The van der Waals surface area contributed by atoms with Crippen molar-refractivity contribution >= 4 is 21.8 Å². The van der Waals surface area contributed by atoms with Crippen LogP contribution in [0.2, 0.25) is 0 Å². The molecule has 7 nitrogen and oxygen atoms in total. The third kappa shape index (κ3) is 2.89. The van der Waals surface area contributed by atoms with Crippen LogP contribution < -0.4 is 0 Å². The summed E-state index contributed by atoms with van der Waals surface area (Å²) >= 11 is 0. The Morgan fingerprint density at radius 2 is 1.82 bits per heavy atom. The fourth-order valence-electron chi connectivity index (χ4n) is 3.72. The zero-order chi connectivity index (χ0) is 20.1. The van der Waals surface area contributed by atoms with Gasteiger partial charge >= 0.3 is 0 Å². The molecule has 1 atom stereocenters. The first kappa shape index (κ1) is 18.6. The lowest BCUT2D eigenvalue weighted by Gasteiger charge is -2.25. The number of benzene rings is 2. The van der Waals surface area contributed by atoms with Gasteiger partial charge in [0.1, 0.15) is 17.0 Å². The monoisotopic (exact) mass is 400 g/mol. The molecule has 2 heterocycles. The maximum absolute atomic E-state index is 12.7. The number of aliphatic hydroxyl groups is 1. The predicted octanol–water partition coefficient (Wildman–Crippen LogP) is 1.26. The Morgan fingerprint density at radius 1 is 1.14 bits per heavy atom. The number of sulfonamides is 1. The van der Waals surface area contributed by atoms with Crippen molar-refractivity contribution in [3.05, 3.63) is 65.2 Å². The van der Waals surface area contributed by atoms with Crippen LogP contribution in [0.1, 0.15) is 27.9 Å². The molecule has 0 aromatic heterocycles. The molecule has 0 bridgehead atoms. The first-order chi connectivity index (χ1) is 13.2. The van der Waals surface area contributed by atoms with E-state index in [1.165, 1.54) is 23.1 Å². The molecule has 0 saturated carbocycles. The van der Waals surface area contributed by atoms with Gasteiger partial charge in [-0.15, -0.1) is 0 Å². The molecule has 0 spiro atoms. The molecule has 2 aromatic carbocycles. The molecule has 1 N–H and O–H groups in total. The van der Waals surface area contributed by atoms with E-state index in [0.29, 0.717) is 16.3 Å². The van der Waals surface area contributed by atoms with Gasteiger partial charge in [-0.1, -0.05) is 42.0 Å². The molecule has 28 heavy (non-hydrogen) atoms. The predicted molar refractivity (Wildman–Crippen MR) is 101 cm³/mol. The number of aryl methyl sites for hydroxylation is 1. The Morgan fingerprint density at radius 3 is 2.50 bits per heavy atom. The number of hydrogen-bond donors (Lipinski definition) is 1. The van der Waals surface area contributed by atoms with Gasteiger partial charge in [-0.3, -0.25) is 9.59 Å². The van der Waals surface area contributed by atoms with Gasteiger partial charge in [-0.25, -0.2) is 12.7 Å². The molecule has 146 valence electrons. The van der Waals surface area contributed by atoms with Crippen LogP contribution in [-0.2, 0) is 20.4 Å². The molecule has 1 fully saturated rings. The van der Waals surface area contributed by atoms with Crippen molar-refractivity contribution in [2.45, 2.75) is 23.8 Å². The summed E-state index contributed by atoms with van der Waals surface area (Å²) in [4.78, 5) is 26.5. The summed E-state index contributed by atoms with van der Waals surface area (Å²) in [5, 5.41) is 10.9. The lowest BCUT2D eigenvalue weighted by molar-refractivity contribution is -0.131. The van der Waals surface area contributed by atoms with Gasteiger partial charge in [0.2, 0.25) is 5.91 Å². The molecule has 0 aliphatic carbocycles. The standard InChI is InChI=1S/C20H20N2O5S/c1-14-6-8-15(9-7-14)20(25)10-11-21(13-20)18(23)12-22-19(24)16-4-2-3-5-17(16)28(22,26)27/h2-9,25H,10-13H2,1H3. The van der Waals surface area contributed by atoms with Gasteiger partial charge in [-0.2, -0.15) is 0 Å². The lowest BCUT2D eigenvalue weighted by atomic mass is 9.92. The number of rotatable bonds is 3. The molecule has 2 aromatic rings. The molecule has 2 amide bonds. The average molecular weight is 400 g/mol. The molecule has 4 rings (SSSR count). The summed E-state index contributed by atoms with van der Waals surface area (Å²) in [5.41, 5.74) is 0.675. The van der Waals surface area contributed by atoms with E-state index in [9.17, 15) is 23.1 Å². The highest BCUT2D eigenvalue weighted by Crippen LogP contribution is 2.33. The number of carbonyl (C=O) groups is 2. The van der Waals surface area contributed by atoms with Gasteiger partial charge < -0.3 is 10.0 Å². The fourth-order valence-corrected chi connectivity index (χ4v) is 5.23. The minimum absolute atomic E-state index is 0.0594. The number of hydrogen-bond acceptors (Lipinski definition) is 5. The molecule has 1 saturated heterocycles. The second kappa shape index (κ2) is 6.42. The smallest absolute Gasteiger partial charge is 0.269 e. The number of carbonyl (C=O) groups excluding carboxylic acids is 2. The quantitative estimate of drug-likeness (QED) is 0.837. The summed E-state index contributed by atoms with van der Waals surface area (Å²) in [5.74, 6) is -1.20. The zero-order valence-electron chi connectivity index (χ0n) is 15.3. The van der Waals surface area contributed by atoms with E-state index >= 15 is 0 Å². The van der Waals surface area contributed by atoms with Crippen LogP contribution in [0.25, 0.3) is 0 Å². The van der Waals surface area contributed by atoms with Crippen LogP contribution in [-0.4, -0.2) is 54.2 Å². The van der Waals surface area contributed by atoms with E-state index in [1.54, 1.807) is 6.07 Å². The highest BCUT2D eigenvalue weighted by atomic mass is 32.2. The highest BCUT2D eigenvalue weighted by Gasteiger charge is 2.44. The number of fused-ring (bicyclic) bond motifs is 1. The highest BCUT2D eigenvalue weighted by molar-refractivity contribution is 7.90. The van der Waals surface area contributed by atoms with Gasteiger partial charge in [-0.05, 0) is 31.0 Å². The summed E-state index contributed by atoms with van der Waals surface area (Å²) in [6.07, 6.45) is 0.350. The molecule has 8 heteroatoms. The zero-order valence-corrected chi connectivity index (χ0v) is 16.1. The van der Waals surface area contributed by atoms with Gasteiger partial charge in [0, 0.05) is 6.54 Å². The van der Waals surface area contributed by atoms with Gasteiger partial charge in [0.25, 0.3) is 15.9 Å². The first-order valence-electron chi connectivity index (χ1n) is 8.96. The number of nitrogens with zero attached hydrogens (tertiary/aromatic N) is 2. The lowest BCUT2D eigenvalue weighted by Crippen LogP contribution is -2.43. The van der Waals surface area contributed by atoms with Crippen molar-refractivity contribution in [1.29, 1.82) is 0 Å². The Hall–Kier alpha value is -2.71. The molecule has 0 radical (unpaired) electrons. The van der Waals surface area contributed by atoms with E-state index in [4.69, 9.17) is 0 Å². The average Bonchev–Trinajstić information content (AvgIpc) is 3.16. The molecule has 2 aliphatic rings. The number of amides is 2. The first-order valence-corrected chi connectivity index (χ1v) is 10.4. The van der Waals surface area contributed by atoms with E-state index in [1.807, 2.05) is 31.2 Å². The Bertz CT molecular complexity index is 1060. The normalized spacial score (nSPS) is 23.1. The van der Waals surface area contributed by atoms with E-state index < -0.39 is 34.0 Å². The SMILES string of the molecule is Cc1ccc(C2(O)CCN(C(=O)CN3C(=O)c4ccccc4S3(=O)=O)C2)cc1. The maximum atomic E-state index is 12.7. The Labute approximate surface area is 163 Å². The summed E-state index contributed by atoms with van der Waals surface area (Å²) in [6, 6.07) is 13.4. The Kier molecular flexibility index (Phi) is 4.28. The van der Waals surface area contributed by atoms with Crippen LogP contribution in [0.5, 0.6) is 0 Å². The molecule has 2 aliphatic heterocycles. The van der Waals surface area contributed by atoms with Crippen LogP contribution in [0.4, 0.5) is 0 Å². The van der Waals surface area contributed by atoms with Crippen molar-refractivity contribution in [2.75, 3.05) is 19.6 Å². The molecular formula is C20H20N2O5S. The maximum Gasteiger partial charge on any atom is 0.269 e.